The average molecular weight is 352 g/mol. The summed E-state index contributed by atoms with van der Waals surface area (Å²) in [6.45, 7) is 4.56. The van der Waals surface area contributed by atoms with Gasteiger partial charge in [0.15, 0.2) is 11.5 Å². The number of rotatable bonds is 0. The number of benzene rings is 2. The summed E-state index contributed by atoms with van der Waals surface area (Å²) < 4.78 is 29.8. The third-order valence-corrected chi connectivity index (χ3v) is 5.79. The summed E-state index contributed by atoms with van der Waals surface area (Å²) in [6, 6.07) is 8.17. The third-order valence-electron chi connectivity index (χ3n) is 5.79. The van der Waals surface area contributed by atoms with Gasteiger partial charge in [0, 0.05) is 29.5 Å². The molecule has 0 radical (unpaired) electrons. The quantitative estimate of drug-likeness (QED) is 0.713. The molecule has 26 heavy (non-hydrogen) atoms. The third kappa shape index (κ3) is 1.97. The standard InChI is InChI=1S/C21H20O5/c1-21(2)6-5-11-3-4-14-19(20(11)26-21)13-8-18(24-14)25-15-9-17-16(7-12(13)15)22-10-23-17/h3-4,7,9,13,18H,5-6,8,10H2,1-2H3. The van der Waals surface area contributed by atoms with Gasteiger partial charge in [0.1, 0.15) is 22.8 Å². The molecule has 2 unspecified atom stereocenters. The normalized spacial score (nSPS) is 25.8. The van der Waals surface area contributed by atoms with Crippen molar-refractivity contribution in [2.24, 2.45) is 0 Å². The largest absolute Gasteiger partial charge is 0.487 e. The van der Waals surface area contributed by atoms with Gasteiger partial charge in [0.25, 0.3) is 0 Å². The molecule has 2 bridgehead atoms. The predicted molar refractivity (Wildman–Crippen MR) is 93.5 cm³/mol. The van der Waals surface area contributed by atoms with Gasteiger partial charge in [0.05, 0.1) is 0 Å². The van der Waals surface area contributed by atoms with E-state index in [9.17, 15) is 0 Å². The second-order valence-corrected chi connectivity index (χ2v) is 8.02. The Labute approximate surface area is 151 Å². The maximum absolute atomic E-state index is 6.44. The first-order valence-electron chi connectivity index (χ1n) is 9.19. The monoisotopic (exact) mass is 352 g/mol. The molecule has 0 spiro atoms. The van der Waals surface area contributed by atoms with Gasteiger partial charge in [-0.05, 0) is 44.4 Å². The summed E-state index contributed by atoms with van der Waals surface area (Å²) in [6.07, 6.45) is 2.54. The van der Waals surface area contributed by atoms with Gasteiger partial charge in [-0.2, -0.15) is 0 Å². The van der Waals surface area contributed by atoms with E-state index in [0.29, 0.717) is 0 Å². The molecule has 2 aromatic rings. The molecule has 4 aliphatic heterocycles. The van der Waals surface area contributed by atoms with Crippen LogP contribution in [-0.4, -0.2) is 18.7 Å². The Morgan fingerprint density at radius 2 is 1.77 bits per heavy atom. The molecule has 0 saturated carbocycles. The molecule has 0 N–H and O–H groups in total. The summed E-state index contributed by atoms with van der Waals surface area (Å²) in [5.74, 6) is 4.36. The highest BCUT2D eigenvalue weighted by atomic mass is 16.7. The van der Waals surface area contributed by atoms with E-state index < -0.39 is 0 Å². The van der Waals surface area contributed by atoms with Crippen LogP contribution in [0.1, 0.15) is 49.3 Å². The van der Waals surface area contributed by atoms with E-state index in [4.69, 9.17) is 23.7 Å². The van der Waals surface area contributed by atoms with Crippen molar-refractivity contribution < 1.29 is 23.7 Å². The molecular weight excluding hydrogens is 332 g/mol. The Hall–Kier alpha value is -2.56. The fourth-order valence-electron chi connectivity index (χ4n) is 4.45. The SMILES string of the molecule is CC1(C)CCc2ccc3c(c2O1)C1CC(Oc2cc4c(cc21)OCO4)O3. The van der Waals surface area contributed by atoms with Gasteiger partial charge in [-0.1, -0.05) is 6.07 Å². The highest BCUT2D eigenvalue weighted by Crippen LogP contribution is 2.55. The topological polar surface area (TPSA) is 46.2 Å². The minimum atomic E-state index is -0.282. The molecule has 4 aliphatic rings. The van der Waals surface area contributed by atoms with E-state index in [2.05, 4.69) is 32.0 Å². The molecule has 5 nitrogen and oxygen atoms in total. The van der Waals surface area contributed by atoms with Gasteiger partial charge in [-0.25, -0.2) is 0 Å². The number of aryl methyl sites for hydroxylation is 1. The summed E-state index contributed by atoms with van der Waals surface area (Å²) in [5.41, 5.74) is 3.37. The Morgan fingerprint density at radius 1 is 0.962 bits per heavy atom. The van der Waals surface area contributed by atoms with Crippen molar-refractivity contribution in [2.45, 2.75) is 50.9 Å². The first kappa shape index (κ1) is 14.6. The minimum Gasteiger partial charge on any atom is -0.487 e. The lowest BCUT2D eigenvalue weighted by Gasteiger charge is -2.41. The second-order valence-electron chi connectivity index (χ2n) is 8.02. The molecule has 5 heteroatoms. The number of ether oxygens (including phenoxy) is 5. The molecule has 4 heterocycles. The van der Waals surface area contributed by atoms with Crippen molar-refractivity contribution in [3.63, 3.8) is 0 Å². The summed E-state index contributed by atoms with van der Waals surface area (Å²) in [7, 11) is 0. The van der Waals surface area contributed by atoms with Gasteiger partial charge in [0.2, 0.25) is 13.1 Å². The Morgan fingerprint density at radius 3 is 2.65 bits per heavy atom. The lowest BCUT2D eigenvalue weighted by Crippen LogP contribution is -2.38. The van der Waals surface area contributed by atoms with Crippen LogP contribution < -0.4 is 23.7 Å². The number of hydrogen-bond acceptors (Lipinski definition) is 5. The zero-order valence-corrected chi connectivity index (χ0v) is 14.8. The highest BCUT2D eigenvalue weighted by molar-refractivity contribution is 5.62. The van der Waals surface area contributed by atoms with Crippen molar-refractivity contribution in [3.8, 4) is 28.7 Å². The summed E-state index contributed by atoms with van der Waals surface area (Å²) >= 11 is 0. The Kier molecular flexibility index (Phi) is 2.68. The van der Waals surface area contributed by atoms with Crippen molar-refractivity contribution >= 4 is 0 Å². The van der Waals surface area contributed by atoms with Crippen molar-refractivity contribution in [2.75, 3.05) is 6.79 Å². The van der Waals surface area contributed by atoms with Crippen LogP contribution in [0.2, 0.25) is 0 Å². The Bertz CT molecular complexity index is 932. The van der Waals surface area contributed by atoms with Crippen molar-refractivity contribution in [3.05, 3.63) is 41.0 Å². The van der Waals surface area contributed by atoms with Crippen LogP contribution in [0.3, 0.4) is 0 Å². The maximum Gasteiger partial charge on any atom is 0.242 e. The molecule has 2 aromatic carbocycles. The van der Waals surface area contributed by atoms with Crippen molar-refractivity contribution in [1.29, 1.82) is 0 Å². The number of hydrogen-bond donors (Lipinski definition) is 0. The molecule has 6 rings (SSSR count). The molecule has 0 amide bonds. The van der Waals surface area contributed by atoms with Gasteiger partial charge in [-0.15, -0.1) is 0 Å². The molecule has 2 atom stereocenters. The van der Waals surface area contributed by atoms with Crippen molar-refractivity contribution in [1.82, 2.24) is 0 Å². The van der Waals surface area contributed by atoms with Gasteiger partial charge >= 0.3 is 0 Å². The van der Waals surface area contributed by atoms with Gasteiger partial charge < -0.3 is 23.7 Å². The Balaban J connectivity index is 1.55. The zero-order valence-electron chi connectivity index (χ0n) is 14.8. The molecule has 0 aromatic heterocycles. The first-order chi connectivity index (χ1) is 12.6. The number of fused-ring (bicyclic) bond motifs is 9. The van der Waals surface area contributed by atoms with E-state index >= 15 is 0 Å². The van der Waals surface area contributed by atoms with Gasteiger partial charge in [-0.3, -0.25) is 0 Å². The fourth-order valence-corrected chi connectivity index (χ4v) is 4.45. The second kappa shape index (κ2) is 4.78. The van der Waals surface area contributed by atoms with Crippen LogP contribution in [-0.2, 0) is 6.42 Å². The van der Waals surface area contributed by atoms with E-state index in [1.54, 1.807) is 0 Å². The highest BCUT2D eigenvalue weighted by Gasteiger charge is 2.42. The zero-order chi connectivity index (χ0) is 17.5. The molecule has 0 saturated heterocycles. The van der Waals surface area contributed by atoms with E-state index in [0.717, 1.165) is 59.1 Å². The van der Waals surface area contributed by atoms with Crippen LogP contribution in [0.15, 0.2) is 24.3 Å². The lowest BCUT2D eigenvalue weighted by atomic mass is 9.81. The fraction of sp³-hybridized carbons (Fsp3) is 0.429. The maximum atomic E-state index is 6.44. The predicted octanol–water partition coefficient (Wildman–Crippen LogP) is 4.15. The van der Waals surface area contributed by atoms with Crippen LogP contribution in [0.5, 0.6) is 28.7 Å². The smallest absolute Gasteiger partial charge is 0.242 e. The first-order valence-corrected chi connectivity index (χ1v) is 9.19. The average Bonchev–Trinajstić information content (AvgIpc) is 3.06. The van der Waals surface area contributed by atoms with Crippen LogP contribution in [0.4, 0.5) is 0 Å². The minimum absolute atomic E-state index is 0.165. The molecule has 0 fully saturated rings. The van der Waals surface area contributed by atoms with Crippen LogP contribution in [0.25, 0.3) is 0 Å². The van der Waals surface area contributed by atoms with E-state index in [-0.39, 0.29) is 24.6 Å². The van der Waals surface area contributed by atoms with E-state index in [1.807, 2.05) is 6.07 Å². The molecule has 0 aliphatic carbocycles. The summed E-state index contributed by atoms with van der Waals surface area (Å²) in [4.78, 5) is 0. The van der Waals surface area contributed by atoms with E-state index in [1.165, 1.54) is 5.56 Å². The van der Waals surface area contributed by atoms with Crippen LogP contribution >= 0.6 is 0 Å². The molecule has 134 valence electrons. The lowest BCUT2D eigenvalue weighted by molar-refractivity contribution is -0.0284. The molecular formula is C21H20O5. The summed E-state index contributed by atoms with van der Waals surface area (Å²) in [5, 5.41) is 0. The van der Waals surface area contributed by atoms with Crippen LogP contribution in [0, 0.1) is 0 Å².